The molecule has 1 aliphatic carbocycles. The van der Waals surface area contributed by atoms with Gasteiger partial charge in [-0.3, -0.25) is 5.43 Å². The van der Waals surface area contributed by atoms with E-state index >= 15 is 0 Å². The zero-order valence-corrected chi connectivity index (χ0v) is 12.8. The third-order valence-electron chi connectivity index (χ3n) is 4.47. The SMILES string of the molecule is CC1=CC=CN(c2cc(C(O)C3CCCCC3)c(C)o2)N1. The molecule has 0 aromatic carbocycles. The van der Waals surface area contributed by atoms with Crippen LogP contribution in [-0.2, 0) is 0 Å². The van der Waals surface area contributed by atoms with Gasteiger partial charge in [-0.15, -0.1) is 0 Å². The van der Waals surface area contributed by atoms with E-state index in [1.54, 1.807) is 0 Å². The van der Waals surface area contributed by atoms with Gasteiger partial charge in [0.2, 0.25) is 5.88 Å². The Bertz CT molecular complexity index is 553. The summed E-state index contributed by atoms with van der Waals surface area (Å²) in [5, 5.41) is 12.5. The van der Waals surface area contributed by atoms with E-state index in [9.17, 15) is 5.11 Å². The minimum atomic E-state index is -0.409. The zero-order chi connectivity index (χ0) is 14.8. The van der Waals surface area contributed by atoms with Gasteiger partial charge in [0, 0.05) is 23.5 Å². The molecule has 1 fully saturated rings. The van der Waals surface area contributed by atoms with E-state index in [1.165, 1.54) is 19.3 Å². The van der Waals surface area contributed by atoms with Crippen molar-refractivity contribution in [3.8, 4) is 0 Å². The Hall–Kier alpha value is -1.68. The fourth-order valence-corrected chi connectivity index (χ4v) is 3.26. The summed E-state index contributed by atoms with van der Waals surface area (Å²) in [4.78, 5) is 0. The standard InChI is InChI=1S/C17H24N2O2/c1-12-7-6-10-19(18-12)16-11-15(13(2)21-16)17(20)14-8-4-3-5-9-14/h6-7,10-11,14,17-18,20H,3-5,8-9H2,1-2H3. The molecule has 0 spiro atoms. The van der Waals surface area contributed by atoms with Gasteiger partial charge in [0.25, 0.3) is 0 Å². The summed E-state index contributed by atoms with van der Waals surface area (Å²) < 4.78 is 5.84. The number of hydrazine groups is 1. The average molecular weight is 288 g/mol. The Morgan fingerprint density at radius 3 is 2.76 bits per heavy atom. The third kappa shape index (κ3) is 3.00. The van der Waals surface area contributed by atoms with Crippen LogP contribution in [0.25, 0.3) is 0 Å². The van der Waals surface area contributed by atoms with E-state index < -0.39 is 6.10 Å². The Balaban J connectivity index is 1.77. The zero-order valence-electron chi connectivity index (χ0n) is 12.8. The topological polar surface area (TPSA) is 48.6 Å². The first-order valence-electron chi connectivity index (χ1n) is 7.84. The summed E-state index contributed by atoms with van der Waals surface area (Å²) in [6, 6.07) is 1.96. The number of allylic oxidation sites excluding steroid dienone is 3. The van der Waals surface area contributed by atoms with Crippen molar-refractivity contribution < 1.29 is 9.52 Å². The Labute approximate surface area is 126 Å². The molecule has 1 aromatic heterocycles. The normalized spacial score (nSPS) is 21.1. The van der Waals surface area contributed by atoms with Gasteiger partial charge in [-0.05, 0) is 44.8 Å². The van der Waals surface area contributed by atoms with Crippen molar-refractivity contribution in [1.29, 1.82) is 0 Å². The summed E-state index contributed by atoms with van der Waals surface area (Å²) in [6.07, 6.45) is 11.5. The van der Waals surface area contributed by atoms with Crippen LogP contribution in [0.2, 0.25) is 0 Å². The second-order valence-electron chi connectivity index (χ2n) is 6.11. The van der Waals surface area contributed by atoms with Crippen molar-refractivity contribution in [1.82, 2.24) is 5.43 Å². The maximum absolute atomic E-state index is 10.7. The second kappa shape index (κ2) is 5.98. The van der Waals surface area contributed by atoms with E-state index in [2.05, 4.69) is 5.43 Å². The van der Waals surface area contributed by atoms with Crippen LogP contribution in [0.1, 0.15) is 56.5 Å². The van der Waals surface area contributed by atoms with Gasteiger partial charge in [-0.25, -0.2) is 5.01 Å². The second-order valence-corrected chi connectivity index (χ2v) is 6.11. The van der Waals surface area contributed by atoms with Crippen molar-refractivity contribution >= 4 is 5.88 Å². The number of aliphatic hydroxyl groups is 1. The summed E-state index contributed by atoms with van der Waals surface area (Å²) in [5.41, 5.74) is 5.21. The van der Waals surface area contributed by atoms with Gasteiger partial charge >= 0.3 is 0 Å². The minimum absolute atomic E-state index is 0.370. The molecule has 0 amide bonds. The number of hydrogen-bond acceptors (Lipinski definition) is 4. The molecule has 4 nitrogen and oxygen atoms in total. The molecule has 2 heterocycles. The quantitative estimate of drug-likeness (QED) is 0.884. The molecule has 2 N–H and O–H groups in total. The fourth-order valence-electron chi connectivity index (χ4n) is 3.26. The number of aryl methyl sites for hydroxylation is 1. The van der Waals surface area contributed by atoms with Crippen LogP contribution in [0, 0.1) is 12.8 Å². The Morgan fingerprint density at radius 2 is 2.05 bits per heavy atom. The number of furan rings is 1. The lowest BCUT2D eigenvalue weighted by atomic mass is 9.83. The van der Waals surface area contributed by atoms with Gasteiger partial charge in [0.1, 0.15) is 5.76 Å². The first kappa shape index (κ1) is 14.3. The van der Waals surface area contributed by atoms with Crippen LogP contribution in [0.3, 0.4) is 0 Å². The third-order valence-corrected chi connectivity index (χ3v) is 4.47. The predicted octanol–water partition coefficient (Wildman–Crippen LogP) is 3.94. The van der Waals surface area contributed by atoms with Gasteiger partial charge < -0.3 is 9.52 Å². The van der Waals surface area contributed by atoms with Crippen molar-refractivity contribution in [2.24, 2.45) is 5.92 Å². The summed E-state index contributed by atoms with van der Waals surface area (Å²) >= 11 is 0. The molecule has 114 valence electrons. The monoisotopic (exact) mass is 288 g/mol. The van der Waals surface area contributed by atoms with Crippen LogP contribution < -0.4 is 10.4 Å². The lowest BCUT2D eigenvalue weighted by molar-refractivity contribution is 0.0835. The van der Waals surface area contributed by atoms with Crippen LogP contribution in [0.5, 0.6) is 0 Å². The molecule has 1 unspecified atom stereocenters. The molecular weight excluding hydrogens is 264 g/mol. The molecule has 21 heavy (non-hydrogen) atoms. The number of aliphatic hydroxyl groups excluding tert-OH is 1. The molecule has 1 aromatic rings. The molecule has 0 bridgehead atoms. The maximum Gasteiger partial charge on any atom is 0.218 e. The number of rotatable bonds is 3. The first-order valence-corrected chi connectivity index (χ1v) is 7.84. The first-order chi connectivity index (χ1) is 10.1. The Kier molecular flexibility index (Phi) is 4.06. The van der Waals surface area contributed by atoms with Gasteiger partial charge in [-0.1, -0.05) is 19.3 Å². The molecule has 4 heteroatoms. The van der Waals surface area contributed by atoms with Gasteiger partial charge in [0.15, 0.2) is 0 Å². The smallest absolute Gasteiger partial charge is 0.218 e. The maximum atomic E-state index is 10.7. The molecule has 1 saturated carbocycles. The summed E-state index contributed by atoms with van der Waals surface area (Å²) in [7, 11) is 0. The van der Waals surface area contributed by atoms with Crippen molar-refractivity contribution in [2.75, 3.05) is 5.01 Å². The highest BCUT2D eigenvalue weighted by Gasteiger charge is 2.27. The van der Waals surface area contributed by atoms with Crippen LogP contribution in [-0.4, -0.2) is 5.11 Å². The number of hydrogen-bond donors (Lipinski definition) is 2. The molecule has 0 radical (unpaired) electrons. The molecule has 1 atom stereocenters. The summed E-state index contributed by atoms with van der Waals surface area (Å²) in [5.74, 6) is 1.90. The lowest BCUT2D eigenvalue weighted by Crippen LogP contribution is -2.33. The lowest BCUT2D eigenvalue weighted by Gasteiger charge is -2.26. The molecule has 3 rings (SSSR count). The average Bonchev–Trinajstić information content (AvgIpc) is 2.89. The van der Waals surface area contributed by atoms with Gasteiger partial charge in [0.05, 0.1) is 6.10 Å². The predicted molar refractivity (Wildman–Crippen MR) is 83.5 cm³/mol. The van der Waals surface area contributed by atoms with Crippen molar-refractivity contribution in [3.63, 3.8) is 0 Å². The molecule has 2 aliphatic rings. The van der Waals surface area contributed by atoms with E-state index in [4.69, 9.17) is 4.42 Å². The van der Waals surface area contributed by atoms with Crippen molar-refractivity contribution in [3.05, 3.63) is 41.4 Å². The highest BCUT2D eigenvalue weighted by Crippen LogP contribution is 2.38. The number of anilines is 1. The van der Waals surface area contributed by atoms with Crippen LogP contribution in [0.15, 0.2) is 34.5 Å². The number of nitrogens with zero attached hydrogens (tertiary/aromatic N) is 1. The van der Waals surface area contributed by atoms with E-state index in [-0.39, 0.29) is 0 Å². The van der Waals surface area contributed by atoms with Crippen LogP contribution >= 0.6 is 0 Å². The molecule has 0 saturated heterocycles. The highest BCUT2D eigenvalue weighted by atomic mass is 16.4. The van der Waals surface area contributed by atoms with E-state index in [1.807, 2.05) is 43.3 Å². The fraction of sp³-hybridized carbons (Fsp3) is 0.529. The Morgan fingerprint density at radius 1 is 1.29 bits per heavy atom. The van der Waals surface area contributed by atoms with E-state index in [0.717, 1.165) is 35.7 Å². The largest absolute Gasteiger partial charge is 0.443 e. The van der Waals surface area contributed by atoms with Crippen molar-refractivity contribution in [2.45, 2.75) is 52.1 Å². The summed E-state index contributed by atoms with van der Waals surface area (Å²) in [6.45, 7) is 3.94. The van der Waals surface area contributed by atoms with Gasteiger partial charge in [-0.2, -0.15) is 0 Å². The minimum Gasteiger partial charge on any atom is -0.443 e. The molecular formula is C17H24N2O2. The highest BCUT2D eigenvalue weighted by molar-refractivity contribution is 5.46. The van der Waals surface area contributed by atoms with E-state index in [0.29, 0.717) is 5.92 Å². The van der Waals surface area contributed by atoms with Crippen LogP contribution in [0.4, 0.5) is 5.88 Å². The number of nitrogens with one attached hydrogen (secondary N) is 1. The molecule has 1 aliphatic heterocycles.